The normalized spacial score (nSPS) is 10.3. The number of nitrogens with one attached hydrogen (secondary N) is 1. The van der Waals surface area contributed by atoms with E-state index >= 15 is 0 Å². The van der Waals surface area contributed by atoms with Gasteiger partial charge in [0.1, 0.15) is 5.82 Å². The van der Waals surface area contributed by atoms with E-state index in [2.05, 4.69) is 15.6 Å². The molecule has 6 nitrogen and oxygen atoms in total. The molecule has 0 atom stereocenters. The fraction of sp³-hybridized carbons (Fsp3) is 0.182. The molecular formula is C11H11FN4O2. The van der Waals surface area contributed by atoms with E-state index in [4.69, 9.17) is 5.11 Å². The molecule has 1 aromatic carbocycles. The second kappa shape index (κ2) is 4.82. The number of benzene rings is 1. The number of anilines is 1. The van der Waals surface area contributed by atoms with Crippen molar-refractivity contribution >= 4 is 11.7 Å². The molecule has 2 aromatic rings. The molecule has 94 valence electrons. The first-order valence-corrected chi connectivity index (χ1v) is 5.18. The zero-order chi connectivity index (χ0) is 13.1. The van der Waals surface area contributed by atoms with Crippen LogP contribution >= 0.6 is 0 Å². The number of carboxylic acid groups (broad SMARTS) is 1. The molecule has 1 heterocycles. The van der Waals surface area contributed by atoms with E-state index in [1.54, 1.807) is 17.9 Å². The van der Waals surface area contributed by atoms with E-state index in [0.29, 0.717) is 12.2 Å². The van der Waals surface area contributed by atoms with Crippen molar-refractivity contribution in [3.05, 3.63) is 41.5 Å². The van der Waals surface area contributed by atoms with Crippen LogP contribution in [-0.4, -0.2) is 26.1 Å². The van der Waals surface area contributed by atoms with Gasteiger partial charge in [-0.25, -0.2) is 9.18 Å². The summed E-state index contributed by atoms with van der Waals surface area (Å²) in [6.07, 6.45) is 1.59. The topological polar surface area (TPSA) is 80.0 Å². The quantitative estimate of drug-likeness (QED) is 0.854. The highest BCUT2D eigenvalue weighted by Crippen LogP contribution is 2.15. The molecule has 0 saturated heterocycles. The van der Waals surface area contributed by atoms with Crippen LogP contribution in [0.5, 0.6) is 0 Å². The molecule has 0 amide bonds. The first-order chi connectivity index (χ1) is 8.58. The van der Waals surface area contributed by atoms with Gasteiger partial charge < -0.3 is 10.4 Å². The van der Waals surface area contributed by atoms with Gasteiger partial charge in [-0.05, 0) is 18.2 Å². The van der Waals surface area contributed by atoms with Crippen molar-refractivity contribution < 1.29 is 14.3 Å². The van der Waals surface area contributed by atoms with Crippen LogP contribution in [0.4, 0.5) is 10.1 Å². The summed E-state index contributed by atoms with van der Waals surface area (Å²) < 4.78 is 14.8. The third kappa shape index (κ3) is 2.45. The Kier molecular flexibility index (Phi) is 3.22. The molecule has 1 aromatic heterocycles. The van der Waals surface area contributed by atoms with Crippen LogP contribution in [0, 0.1) is 5.82 Å². The summed E-state index contributed by atoms with van der Waals surface area (Å²) in [4.78, 5) is 10.8. The van der Waals surface area contributed by atoms with Crippen LogP contribution in [0.2, 0.25) is 0 Å². The van der Waals surface area contributed by atoms with Crippen molar-refractivity contribution in [2.75, 3.05) is 5.32 Å². The minimum absolute atomic E-state index is 0.358. The maximum Gasteiger partial charge on any atom is 0.338 e. The lowest BCUT2D eigenvalue weighted by Crippen LogP contribution is -2.07. The average Bonchev–Trinajstić information content (AvgIpc) is 2.73. The average molecular weight is 250 g/mol. The van der Waals surface area contributed by atoms with E-state index in [1.165, 1.54) is 12.1 Å². The Hall–Kier alpha value is -2.44. The number of carbonyl (C=O) groups is 1. The van der Waals surface area contributed by atoms with E-state index in [-0.39, 0.29) is 5.56 Å². The molecule has 0 spiro atoms. The lowest BCUT2D eigenvalue weighted by molar-refractivity contribution is 0.0692. The molecule has 0 aliphatic heterocycles. The van der Waals surface area contributed by atoms with Gasteiger partial charge >= 0.3 is 5.97 Å². The highest BCUT2D eigenvalue weighted by molar-refractivity contribution is 5.89. The minimum Gasteiger partial charge on any atom is -0.478 e. The predicted molar refractivity (Wildman–Crippen MR) is 61.7 cm³/mol. The number of hydrogen-bond donors (Lipinski definition) is 2. The van der Waals surface area contributed by atoms with Crippen molar-refractivity contribution in [1.29, 1.82) is 0 Å². The molecule has 0 aliphatic rings. The Morgan fingerprint density at radius 2 is 2.33 bits per heavy atom. The molecule has 7 heteroatoms. The number of hydrogen-bond acceptors (Lipinski definition) is 4. The second-order valence-corrected chi connectivity index (χ2v) is 3.70. The Morgan fingerprint density at radius 3 is 2.94 bits per heavy atom. The highest BCUT2D eigenvalue weighted by atomic mass is 19.1. The number of nitrogens with zero attached hydrogens (tertiary/aromatic N) is 3. The summed E-state index contributed by atoms with van der Waals surface area (Å²) in [6.45, 7) is 0.425. The summed E-state index contributed by atoms with van der Waals surface area (Å²) in [6, 6.07) is 3.85. The zero-order valence-corrected chi connectivity index (χ0v) is 9.59. The fourth-order valence-corrected chi connectivity index (χ4v) is 1.46. The molecule has 0 fully saturated rings. The number of carboxylic acids is 1. The number of rotatable bonds is 4. The van der Waals surface area contributed by atoms with Crippen LogP contribution in [0.15, 0.2) is 24.4 Å². The molecule has 2 rings (SSSR count). The second-order valence-electron chi connectivity index (χ2n) is 3.70. The predicted octanol–water partition coefficient (Wildman–Crippen LogP) is 1.26. The first-order valence-electron chi connectivity index (χ1n) is 5.18. The fourth-order valence-electron chi connectivity index (χ4n) is 1.46. The zero-order valence-electron chi connectivity index (χ0n) is 9.59. The van der Waals surface area contributed by atoms with E-state index in [9.17, 15) is 9.18 Å². The maximum atomic E-state index is 13.2. The number of halogens is 1. The van der Waals surface area contributed by atoms with Crippen molar-refractivity contribution in [3.63, 3.8) is 0 Å². The van der Waals surface area contributed by atoms with Crippen molar-refractivity contribution in [3.8, 4) is 0 Å². The van der Waals surface area contributed by atoms with Gasteiger partial charge in [0.2, 0.25) is 0 Å². The summed E-state index contributed by atoms with van der Waals surface area (Å²) in [5, 5.41) is 19.2. The van der Waals surface area contributed by atoms with E-state index < -0.39 is 11.8 Å². The summed E-state index contributed by atoms with van der Waals surface area (Å²) in [5.74, 6) is -2.05. The molecule has 18 heavy (non-hydrogen) atoms. The van der Waals surface area contributed by atoms with Crippen LogP contribution in [-0.2, 0) is 13.6 Å². The number of aromatic nitrogens is 3. The number of aromatic carboxylic acids is 1. The Morgan fingerprint density at radius 1 is 1.56 bits per heavy atom. The minimum atomic E-state index is -1.29. The summed E-state index contributed by atoms with van der Waals surface area (Å²) >= 11 is 0. The highest BCUT2D eigenvalue weighted by Gasteiger charge is 2.10. The summed E-state index contributed by atoms with van der Waals surface area (Å²) in [7, 11) is 1.75. The summed E-state index contributed by atoms with van der Waals surface area (Å²) in [5.41, 5.74) is 0.995. The van der Waals surface area contributed by atoms with Crippen molar-refractivity contribution in [2.45, 2.75) is 6.54 Å². The van der Waals surface area contributed by atoms with Gasteiger partial charge in [-0.3, -0.25) is 4.68 Å². The van der Waals surface area contributed by atoms with Crippen LogP contribution in [0.25, 0.3) is 0 Å². The van der Waals surface area contributed by atoms with Gasteiger partial charge in [-0.1, -0.05) is 5.21 Å². The molecule has 0 saturated carbocycles. The van der Waals surface area contributed by atoms with Gasteiger partial charge in [-0.15, -0.1) is 5.10 Å². The Labute approximate surface area is 102 Å². The van der Waals surface area contributed by atoms with Gasteiger partial charge in [0.25, 0.3) is 0 Å². The Bertz CT molecular complexity index is 582. The van der Waals surface area contributed by atoms with Gasteiger partial charge in [0.15, 0.2) is 0 Å². The third-order valence-electron chi connectivity index (χ3n) is 2.48. The van der Waals surface area contributed by atoms with Crippen LogP contribution < -0.4 is 5.32 Å². The molecule has 0 aliphatic carbocycles. The molecule has 0 bridgehead atoms. The standard InChI is InChI=1S/C11H11FN4O2/c1-16-8(6-14-15-16)5-13-7-2-3-10(12)9(4-7)11(17)18/h2-4,6,13H,5H2,1H3,(H,17,18). The largest absolute Gasteiger partial charge is 0.478 e. The SMILES string of the molecule is Cn1nncc1CNc1ccc(F)c(C(=O)O)c1. The first kappa shape index (κ1) is 12.0. The van der Waals surface area contributed by atoms with Crippen molar-refractivity contribution in [1.82, 2.24) is 15.0 Å². The van der Waals surface area contributed by atoms with Gasteiger partial charge in [0, 0.05) is 12.7 Å². The number of aryl methyl sites for hydroxylation is 1. The van der Waals surface area contributed by atoms with Gasteiger partial charge in [0.05, 0.1) is 24.0 Å². The maximum absolute atomic E-state index is 13.2. The Balaban J connectivity index is 2.13. The molecule has 0 unspecified atom stereocenters. The van der Waals surface area contributed by atoms with Crippen molar-refractivity contribution in [2.24, 2.45) is 7.05 Å². The lowest BCUT2D eigenvalue weighted by atomic mass is 10.2. The lowest BCUT2D eigenvalue weighted by Gasteiger charge is -2.07. The molecular weight excluding hydrogens is 239 g/mol. The van der Waals surface area contributed by atoms with Gasteiger partial charge in [-0.2, -0.15) is 0 Å². The monoisotopic (exact) mass is 250 g/mol. The van der Waals surface area contributed by atoms with Crippen LogP contribution in [0.3, 0.4) is 0 Å². The molecule has 0 radical (unpaired) electrons. The van der Waals surface area contributed by atoms with Crippen LogP contribution in [0.1, 0.15) is 16.1 Å². The molecule has 2 N–H and O–H groups in total. The van der Waals surface area contributed by atoms with E-state index in [0.717, 1.165) is 11.8 Å². The van der Waals surface area contributed by atoms with E-state index in [1.807, 2.05) is 0 Å². The third-order valence-corrected chi connectivity index (χ3v) is 2.48. The smallest absolute Gasteiger partial charge is 0.338 e.